The molecule has 122 valence electrons. The maximum Gasteiger partial charge on any atom is 0.159 e. The second-order valence-electron chi connectivity index (χ2n) is 6.20. The van der Waals surface area contributed by atoms with E-state index in [-0.39, 0.29) is 18.3 Å². The fraction of sp³-hybridized carbons (Fsp3) is 0.350. The van der Waals surface area contributed by atoms with Gasteiger partial charge >= 0.3 is 0 Å². The summed E-state index contributed by atoms with van der Waals surface area (Å²) in [4.78, 5) is 13.7. The van der Waals surface area contributed by atoms with Gasteiger partial charge in [-0.1, -0.05) is 61.5 Å². The SMILES string of the molecule is CC(=O)c1ccc(CN(Cc2ccccc2)C[C@H](C)CO)cc1. The molecule has 0 radical (unpaired) electrons. The lowest BCUT2D eigenvalue weighted by molar-refractivity contribution is 0.101. The van der Waals surface area contributed by atoms with Crippen molar-refractivity contribution >= 4 is 5.78 Å². The number of aliphatic hydroxyl groups excluding tert-OH is 1. The van der Waals surface area contributed by atoms with Crippen LogP contribution < -0.4 is 0 Å². The number of ketones is 1. The van der Waals surface area contributed by atoms with Gasteiger partial charge in [-0.25, -0.2) is 0 Å². The molecule has 1 N–H and O–H groups in total. The van der Waals surface area contributed by atoms with E-state index >= 15 is 0 Å². The molecule has 0 amide bonds. The number of carbonyl (C=O) groups excluding carboxylic acids is 1. The number of benzene rings is 2. The summed E-state index contributed by atoms with van der Waals surface area (Å²) in [5, 5.41) is 9.35. The first kappa shape index (κ1) is 17.4. The normalized spacial score (nSPS) is 12.3. The molecule has 0 aliphatic heterocycles. The summed E-state index contributed by atoms with van der Waals surface area (Å²) in [6, 6.07) is 18.1. The van der Waals surface area contributed by atoms with Crippen LogP contribution in [-0.4, -0.2) is 28.9 Å². The molecule has 0 unspecified atom stereocenters. The van der Waals surface area contributed by atoms with Gasteiger partial charge in [0.25, 0.3) is 0 Å². The predicted molar refractivity (Wildman–Crippen MR) is 93.3 cm³/mol. The molecular formula is C20H25NO2. The maximum atomic E-state index is 11.4. The molecule has 2 rings (SSSR count). The third-order valence-corrected chi connectivity index (χ3v) is 3.90. The molecule has 0 aromatic heterocycles. The van der Waals surface area contributed by atoms with Crippen molar-refractivity contribution < 1.29 is 9.90 Å². The van der Waals surface area contributed by atoms with Gasteiger partial charge in [-0.15, -0.1) is 0 Å². The van der Waals surface area contributed by atoms with Crippen molar-refractivity contribution in [3.8, 4) is 0 Å². The summed E-state index contributed by atoms with van der Waals surface area (Å²) in [5.41, 5.74) is 3.18. The van der Waals surface area contributed by atoms with Crippen LogP contribution in [-0.2, 0) is 13.1 Å². The summed E-state index contributed by atoms with van der Waals surface area (Å²) in [7, 11) is 0. The van der Waals surface area contributed by atoms with Crippen molar-refractivity contribution in [2.45, 2.75) is 26.9 Å². The van der Waals surface area contributed by atoms with Crippen LogP contribution in [0.25, 0.3) is 0 Å². The summed E-state index contributed by atoms with van der Waals surface area (Å²) in [5.74, 6) is 0.321. The summed E-state index contributed by atoms with van der Waals surface area (Å²) in [6.07, 6.45) is 0. The van der Waals surface area contributed by atoms with E-state index in [1.54, 1.807) is 6.92 Å². The Morgan fingerprint density at radius 1 is 1.00 bits per heavy atom. The smallest absolute Gasteiger partial charge is 0.159 e. The molecule has 0 heterocycles. The van der Waals surface area contributed by atoms with Gasteiger partial charge in [-0.3, -0.25) is 9.69 Å². The second-order valence-corrected chi connectivity index (χ2v) is 6.20. The zero-order valence-electron chi connectivity index (χ0n) is 13.9. The van der Waals surface area contributed by atoms with Crippen LogP contribution in [0.3, 0.4) is 0 Å². The Labute approximate surface area is 138 Å². The fourth-order valence-corrected chi connectivity index (χ4v) is 2.63. The maximum absolute atomic E-state index is 11.4. The molecule has 2 aromatic carbocycles. The van der Waals surface area contributed by atoms with Crippen molar-refractivity contribution in [2.75, 3.05) is 13.2 Å². The summed E-state index contributed by atoms with van der Waals surface area (Å²) >= 11 is 0. The number of Topliss-reactive ketones (excluding diaryl/α,β-unsaturated/α-hetero) is 1. The van der Waals surface area contributed by atoms with E-state index in [4.69, 9.17) is 0 Å². The van der Waals surface area contributed by atoms with Gasteiger partial charge in [0, 0.05) is 31.8 Å². The first-order valence-electron chi connectivity index (χ1n) is 8.05. The molecule has 0 bridgehead atoms. The van der Waals surface area contributed by atoms with Crippen molar-refractivity contribution in [3.63, 3.8) is 0 Å². The Hall–Kier alpha value is -1.97. The molecule has 0 saturated carbocycles. The van der Waals surface area contributed by atoms with Crippen LogP contribution in [0.1, 0.15) is 35.3 Å². The van der Waals surface area contributed by atoms with Gasteiger partial charge in [-0.05, 0) is 24.0 Å². The molecule has 23 heavy (non-hydrogen) atoms. The van der Waals surface area contributed by atoms with E-state index < -0.39 is 0 Å². The van der Waals surface area contributed by atoms with Crippen LogP contribution in [0.15, 0.2) is 54.6 Å². The molecule has 0 fully saturated rings. The van der Waals surface area contributed by atoms with Crippen LogP contribution in [0, 0.1) is 5.92 Å². The average molecular weight is 311 g/mol. The quantitative estimate of drug-likeness (QED) is 0.758. The Bertz CT molecular complexity index is 607. The minimum atomic E-state index is 0.0894. The predicted octanol–water partition coefficient (Wildman–Crippen LogP) is 3.52. The third kappa shape index (κ3) is 5.62. The molecule has 3 heteroatoms. The van der Waals surface area contributed by atoms with E-state index in [1.165, 1.54) is 11.1 Å². The molecule has 3 nitrogen and oxygen atoms in total. The van der Waals surface area contributed by atoms with E-state index in [1.807, 2.05) is 42.5 Å². The van der Waals surface area contributed by atoms with Crippen LogP contribution in [0.5, 0.6) is 0 Å². The highest BCUT2D eigenvalue weighted by Gasteiger charge is 2.11. The first-order chi connectivity index (χ1) is 11.1. The second kappa shape index (κ2) is 8.61. The van der Waals surface area contributed by atoms with Gasteiger partial charge in [0.15, 0.2) is 5.78 Å². The Morgan fingerprint density at radius 3 is 2.09 bits per heavy atom. The molecular weight excluding hydrogens is 286 g/mol. The Morgan fingerprint density at radius 2 is 1.57 bits per heavy atom. The largest absolute Gasteiger partial charge is 0.396 e. The van der Waals surface area contributed by atoms with E-state index in [2.05, 4.69) is 24.0 Å². The van der Waals surface area contributed by atoms with Gasteiger partial charge in [0.1, 0.15) is 0 Å². The minimum absolute atomic E-state index is 0.0894. The molecule has 0 aliphatic carbocycles. The highest BCUT2D eigenvalue weighted by Crippen LogP contribution is 2.13. The molecule has 2 aromatic rings. The van der Waals surface area contributed by atoms with Crippen molar-refractivity contribution in [1.82, 2.24) is 4.90 Å². The lowest BCUT2D eigenvalue weighted by Crippen LogP contribution is -2.29. The lowest BCUT2D eigenvalue weighted by Gasteiger charge is -2.25. The zero-order valence-corrected chi connectivity index (χ0v) is 13.9. The van der Waals surface area contributed by atoms with Crippen LogP contribution >= 0.6 is 0 Å². The Kier molecular flexibility index (Phi) is 6.51. The number of hydrogen-bond donors (Lipinski definition) is 1. The van der Waals surface area contributed by atoms with Crippen LogP contribution in [0.4, 0.5) is 0 Å². The number of hydrogen-bond acceptors (Lipinski definition) is 3. The van der Waals surface area contributed by atoms with Crippen LogP contribution in [0.2, 0.25) is 0 Å². The summed E-state index contributed by atoms with van der Waals surface area (Å²) in [6.45, 7) is 6.31. The lowest BCUT2D eigenvalue weighted by atomic mass is 10.1. The number of carbonyl (C=O) groups is 1. The molecule has 0 saturated heterocycles. The topological polar surface area (TPSA) is 40.5 Å². The highest BCUT2D eigenvalue weighted by atomic mass is 16.3. The van der Waals surface area contributed by atoms with Crippen molar-refractivity contribution in [2.24, 2.45) is 5.92 Å². The highest BCUT2D eigenvalue weighted by molar-refractivity contribution is 5.93. The molecule has 1 atom stereocenters. The Balaban J connectivity index is 2.08. The third-order valence-electron chi connectivity index (χ3n) is 3.90. The standard InChI is InChI=1S/C20H25NO2/c1-16(15-22)12-21(13-18-6-4-3-5-7-18)14-19-8-10-20(11-9-19)17(2)23/h3-11,16,22H,12-15H2,1-2H3/t16-/m0/s1. The zero-order chi connectivity index (χ0) is 16.7. The monoisotopic (exact) mass is 311 g/mol. The first-order valence-corrected chi connectivity index (χ1v) is 8.05. The van der Waals surface area contributed by atoms with E-state index in [0.717, 1.165) is 25.2 Å². The van der Waals surface area contributed by atoms with Gasteiger partial charge in [0.2, 0.25) is 0 Å². The van der Waals surface area contributed by atoms with Crippen molar-refractivity contribution in [1.29, 1.82) is 0 Å². The fourth-order valence-electron chi connectivity index (χ4n) is 2.63. The molecule has 0 aliphatic rings. The summed E-state index contributed by atoms with van der Waals surface area (Å²) < 4.78 is 0. The number of aliphatic hydroxyl groups is 1. The number of rotatable bonds is 8. The molecule has 0 spiro atoms. The minimum Gasteiger partial charge on any atom is -0.396 e. The van der Waals surface area contributed by atoms with Gasteiger partial charge < -0.3 is 5.11 Å². The number of nitrogens with zero attached hydrogens (tertiary/aromatic N) is 1. The van der Waals surface area contributed by atoms with E-state index in [9.17, 15) is 9.90 Å². The average Bonchev–Trinajstić information content (AvgIpc) is 2.56. The van der Waals surface area contributed by atoms with Crippen molar-refractivity contribution in [3.05, 3.63) is 71.3 Å². The van der Waals surface area contributed by atoms with Gasteiger partial charge in [-0.2, -0.15) is 0 Å². The van der Waals surface area contributed by atoms with Gasteiger partial charge in [0.05, 0.1) is 0 Å². The van der Waals surface area contributed by atoms with E-state index in [0.29, 0.717) is 0 Å².